The molecule has 0 radical (unpaired) electrons. The second-order valence-corrected chi connectivity index (χ2v) is 5.28. The van der Waals surface area contributed by atoms with Crippen LogP contribution in [0.25, 0.3) is 0 Å². The van der Waals surface area contributed by atoms with Gasteiger partial charge in [-0.1, -0.05) is 19.4 Å². The maximum atomic E-state index is 13.4. The Morgan fingerprint density at radius 3 is 2.50 bits per heavy atom. The third-order valence-corrected chi connectivity index (χ3v) is 3.44. The second kappa shape index (κ2) is 7.43. The third-order valence-electron chi connectivity index (χ3n) is 3.44. The first-order chi connectivity index (χ1) is 9.32. The number of Topliss-reactive ketones (excluding diaryl/α,β-unsaturated/α-hetero) is 1. The van der Waals surface area contributed by atoms with E-state index in [-0.39, 0.29) is 17.3 Å². The number of hydrogen-bond acceptors (Lipinski definition) is 2. The predicted molar refractivity (Wildman–Crippen MR) is 71.7 cm³/mol. The summed E-state index contributed by atoms with van der Waals surface area (Å²) in [6.07, 6.45) is 2.30. The summed E-state index contributed by atoms with van der Waals surface area (Å²) in [5.74, 6) is -3.54. The lowest BCUT2D eigenvalue weighted by atomic mass is 9.94. The molecular formula is C15H20F3NO. The Bertz CT molecular complexity index is 476. The summed E-state index contributed by atoms with van der Waals surface area (Å²) in [7, 11) is 0. The highest BCUT2D eigenvalue weighted by molar-refractivity contribution is 5.81. The largest absolute Gasteiger partial charge is 0.322 e. The quantitative estimate of drug-likeness (QED) is 0.781. The molecule has 1 aromatic rings. The maximum Gasteiger partial charge on any atom is 0.194 e. The van der Waals surface area contributed by atoms with Crippen LogP contribution in [0.2, 0.25) is 0 Å². The molecule has 20 heavy (non-hydrogen) atoms. The van der Waals surface area contributed by atoms with Crippen molar-refractivity contribution in [2.45, 2.75) is 45.6 Å². The Morgan fingerprint density at radius 2 is 1.90 bits per heavy atom. The Kier molecular flexibility index (Phi) is 6.20. The van der Waals surface area contributed by atoms with E-state index in [1.165, 1.54) is 13.0 Å². The standard InChI is InChI=1S/C15H20F3NO/c1-9(8-13(19)10(2)20)4-3-5-11-6-7-12(16)15(18)14(11)17/h6-7,9,13H,3-5,8,19H2,1-2H3/t9-,13-/m0/s1. The first-order valence-corrected chi connectivity index (χ1v) is 6.71. The van der Waals surface area contributed by atoms with E-state index in [4.69, 9.17) is 5.73 Å². The number of carbonyl (C=O) groups is 1. The van der Waals surface area contributed by atoms with Crippen LogP contribution < -0.4 is 5.73 Å². The summed E-state index contributed by atoms with van der Waals surface area (Å²) in [5.41, 5.74) is 5.83. The Balaban J connectivity index is 2.45. The molecule has 0 unspecified atom stereocenters. The van der Waals surface area contributed by atoms with Crippen molar-refractivity contribution in [3.8, 4) is 0 Å². The van der Waals surface area contributed by atoms with E-state index in [0.717, 1.165) is 12.5 Å². The lowest BCUT2D eigenvalue weighted by Crippen LogP contribution is -2.30. The van der Waals surface area contributed by atoms with E-state index in [2.05, 4.69) is 0 Å². The van der Waals surface area contributed by atoms with Crippen molar-refractivity contribution in [3.05, 3.63) is 35.1 Å². The van der Waals surface area contributed by atoms with Crippen molar-refractivity contribution >= 4 is 5.78 Å². The van der Waals surface area contributed by atoms with Gasteiger partial charge < -0.3 is 5.73 Å². The van der Waals surface area contributed by atoms with Gasteiger partial charge >= 0.3 is 0 Å². The molecular weight excluding hydrogens is 267 g/mol. The highest BCUT2D eigenvalue weighted by Gasteiger charge is 2.15. The molecule has 2 nitrogen and oxygen atoms in total. The molecule has 112 valence electrons. The molecule has 0 fully saturated rings. The zero-order valence-electron chi connectivity index (χ0n) is 11.8. The van der Waals surface area contributed by atoms with Crippen molar-refractivity contribution in [1.82, 2.24) is 0 Å². The van der Waals surface area contributed by atoms with E-state index in [0.29, 0.717) is 19.3 Å². The fraction of sp³-hybridized carbons (Fsp3) is 0.533. The predicted octanol–water partition coefficient (Wildman–Crippen LogP) is 3.37. The molecule has 0 saturated carbocycles. The number of ketones is 1. The fourth-order valence-corrected chi connectivity index (χ4v) is 2.12. The monoisotopic (exact) mass is 287 g/mol. The maximum absolute atomic E-state index is 13.4. The molecule has 1 aromatic carbocycles. The smallest absolute Gasteiger partial charge is 0.194 e. The number of aryl methyl sites for hydroxylation is 1. The molecule has 0 spiro atoms. The van der Waals surface area contributed by atoms with Gasteiger partial charge in [-0.3, -0.25) is 4.79 Å². The van der Waals surface area contributed by atoms with Crippen molar-refractivity contribution in [3.63, 3.8) is 0 Å². The highest BCUT2D eigenvalue weighted by Crippen LogP contribution is 2.19. The lowest BCUT2D eigenvalue weighted by Gasteiger charge is -2.15. The van der Waals surface area contributed by atoms with Crippen molar-refractivity contribution in [2.24, 2.45) is 11.7 Å². The van der Waals surface area contributed by atoms with Gasteiger partial charge in [0.1, 0.15) is 5.78 Å². The van der Waals surface area contributed by atoms with Gasteiger partial charge in [-0.2, -0.15) is 0 Å². The van der Waals surface area contributed by atoms with E-state index in [1.54, 1.807) is 0 Å². The third kappa shape index (κ3) is 4.63. The molecule has 0 aliphatic carbocycles. The number of benzene rings is 1. The van der Waals surface area contributed by atoms with Gasteiger partial charge in [-0.05, 0) is 43.7 Å². The molecule has 0 aliphatic rings. The number of carbonyl (C=O) groups excluding carboxylic acids is 1. The van der Waals surface area contributed by atoms with Crippen molar-refractivity contribution in [1.29, 1.82) is 0 Å². The van der Waals surface area contributed by atoms with Gasteiger partial charge in [0.05, 0.1) is 6.04 Å². The molecule has 0 aliphatic heterocycles. The van der Waals surface area contributed by atoms with E-state index >= 15 is 0 Å². The normalized spacial score (nSPS) is 14.1. The number of nitrogens with two attached hydrogens (primary N) is 1. The summed E-state index contributed by atoms with van der Waals surface area (Å²) < 4.78 is 39.2. The number of rotatable bonds is 7. The SMILES string of the molecule is CC(=O)[C@@H](N)C[C@@H](C)CCCc1ccc(F)c(F)c1F. The van der Waals surface area contributed by atoms with E-state index in [1.807, 2.05) is 6.92 Å². The van der Waals surface area contributed by atoms with Crippen LogP contribution in [0, 0.1) is 23.4 Å². The number of halogens is 3. The minimum Gasteiger partial charge on any atom is -0.322 e. The van der Waals surface area contributed by atoms with Gasteiger partial charge in [0.25, 0.3) is 0 Å². The molecule has 2 atom stereocenters. The summed E-state index contributed by atoms with van der Waals surface area (Å²) in [4.78, 5) is 11.0. The van der Waals surface area contributed by atoms with Crippen LogP contribution in [0.15, 0.2) is 12.1 Å². The van der Waals surface area contributed by atoms with Crippen LogP contribution in [0.1, 0.15) is 38.7 Å². The molecule has 0 saturated heterocycles. The molecule has 1 rings (SSSR count). The average Bonchev–Trinajstić information content (AvgIpc) is 2.38. The van der Waals surface area contributed by atoms with Gasteiger partial charge in [0.2, 0.25) is 0 Å². The first kappa shape index (κ1) is 16.7. The summed E-state index contributed by atoms with van der Waals surface area (Å²) in [5, 5.41) is 0. The molecule has 0 aromatic heterocycles. The van der Waals surface area contributed by atoms with Crippen LogP contribution in [-0.2, 0) is 11.2 Å². The van der Waals surface area contributed by atoms with Crippen LogP contribution in [0.3, 0.4) is 0 Å². The summed E-state index contributed by atoms with van der Waals surface area (Å²) in [6, 6.07) is 1.73. The molecule has 0 amide bonds. The lowest BCUT2D eigenvalue weighted by molar-refractivity contribution is -0.118. The van der Waals surface area contributed by atoms with Crippen LogP contribution >= 0.6 is 0 Å². The summed E-state index contributed by atoms with van der Waals surface area (Å²) in [6.45, 7) is 3.42. The Hall–Kier alpha value is -1.36. The van der Waals surface area contributed by atoms with Crippen LogP contribution in [-0.4, -0.2) is 11.8 Å². The molecule has 0 bridgehead atoms. The average molecular weight is 287 g/mol. The summed E-state index contributed by atoms with van der Waals surface area (Å²) >= 11 is 0. The van der Waals surface area contributed by atoms with Crippen molar-refractivity contribution in [2.75, 3.05) is 0 Å². The molecule has 2 N–H and O–H groups in total. The first-order valence-electron chi connectivity index (χ1n) is 6.71. The number of hydrogen-bond donors (Lipinski definition) is 1. The van der Waals surface area contributed by atoms with Crippen LogP contribution in [0.5, 0.6) is 0 Å². The topological polar surface area (TPSA) is 43.1 Å². The van der Waals surface area contributed by atoms with E-state index < -0.39 is 23.5 Å². The highest BCUT2D eigenvalue weighted by atomic mass is 19.2. The Labute approximate surface area is 117 Å². The second-order valence-electron chi connectivity index (χ2n) is 5.28. The van der Waals surface area contributed by atoms with Crippen molar-refractivity contribution < 1.29 is 18.0 Å². The fourth-order valence-electron chi connectivity index (χ4n) is 2.12. The zero-order chi connectivity index (χ0) is 15.3. The van der Waals surface area contributed by atoms with Gasteiger partial charge in [0, 0.05) is 0 Å². The van der Waals surface area contributed by atoms with Gasteiger partial charge in [0.15, 0.2) is 17.5 Å². The Morgan fingerprint density at radius 1 is 1.25 bits per heavy atom. The van der Waals surface area contributed by atoms with Crippen LogP contribution in [0.4, 0.5) is 13.2 Å². The van der Waals surface area contributed by atoms with Gasteiger partial charge in [-0.15, -0.1) is 0 Å². The molecule has 5 heteroatoms. The minimum absolute atomic E-state index is 0.0523. The van der Waals surface area contributed by atoms with Gasteiger partial charge in [-0.25, -0.2) is 13.2 Å². The zero-order valence-corrected chi connectivity index (χ0v) is 11.8. The van der Waals surface area contributed by atoms with E-state index in [9.17, 15) is 18.0 Å². The minimum atomic E-state index is -1.42. The molecule has 0 heterocycles.